The molecule has 0 aliphatic heterocycles. The monoisotopic (exact) mass is 406 g/mol. The Morgan fingerprint density at radius 1 is 0.700 bits per heavy atom. The first-order valence-electron chi connectivity index (χ1n) is 12.0. The van der Waals surface area contributed by atoms with Crippen LogP contribution >= 0.6 is 0 Å². The van der Waals surface area contributed by atoms with Crippen LogP contribution in [0.15, 0.2) is 30.3 Å². The van der Waals surface area contributed by atoms with Crippen LogP contribution in [0.5, 0.6) is 11.5 Å². The van der Waals surface area contributed by atoms with Crippen LogP contribution in [0.4, 0.5) is 0 Å². The SMILES string of the molecule is Cc1cc(Cc2cccc(C3(C)CCCCC3)c2O)c(O)c(C2(C)CCCCC2)c1. The predicted octanol–water partition coefficient (Wildman–Crippen LogP) is 7.44. The minimum atomic E-state index is 0.0581. The highest BCUT2D eigenvalue weighted by molar-refractivity contribution is 5.52. The minimum Gasteiger partial charge on any atom is -0.507 e. The highest BCUT2D eigenvalue weighted by atomic mass is 16.3. The number of hydrogen-bond donors (Lipinski definition) is 2. The van der Waals surface area contributed by atoms with E-state index in [4.69, 9.17) is 0 Å². The predicted molar refractivity (Wildman–Crippen MR) is 125 cm³/mol. The molecule has 0 saturated heterocycles. The second-order valence-electron chi connectivity index (χ2n) is 10.6. The Kier molecular flexibility index (Phi) is 5.88. The summed E-state index contributed by atoms with van der Waals surface area (Å²) in [5, 5.41) is 22.5. The van der Waals surface area contributed by atoms with Crippen LogP contribution in [-0.2, 0) is 17.3 Å². The van der Waals surface area contributed by atoms with E-state index in [9.17, 15) is 10.2 Å². The standard InChI is InChI=1S/C28H38O2/c1-20-17-22(26(30)24(18-20)28(3)15-8-5-9-16-28)19-21-11-10-12-23(25(21)29)27(2)13-6-4-7-14-27/h10-12,17-18,29-30H,4-9,13-16,19H2,1-3H3. The highest BCUT2D eigenvalue weighted by Gasteiger charge is 2.33. The van der Waals surface area contributed by atoms with Gasteiger partial charge < -0.3 is 10.2 Å². The normalized spacial score (nSPS) is 20.8. The minimum absolute atomic E-state index is 0.0581. The van der Waals surface area contributed by atoms with Crippen molar-refractivity contribution in [1.29, 1.82) is 0 Å². The van der Waals surface area contributed by atoms with Crippen molar-refractivity contribution in [2.24, 2.45) is 0 Å². The van der Waals surface area contributed by atoms with Gasteiger partial charge in [-0.2, -0.15) is 0 Å². The molecule has 30 heavy (non-hydrogen) atoms. The van der Waals surface area contributed by atoms with Gasteiger partial charge in [0.2, 0.25) is 0 Å². The van der Waals surface area contributed by atoms with E-state index in [1.54, 1.807) is 0 Å². The number of rotatable bonds is 4. The second-order valence-corrected chi connectivity index (χ2v) is 10.6. The number of para-hydroxylation sites is 1. The molecule has 2 aliphatic carbocycles. The molecule has 0 bridgehead atoms. The molecule has 2 aromatic carbocycles. The van der Waals surface area contributed by atoms with E-state index in [1.807, 2.05) is 6.07 Å². The molecule has 2 nitrogen and oxygen atoms in total. The smallest absolute Gasteiger partial charge is 0.122 e. The van der Waals surface area contributed by atoms with Crippen molar-refractivity contribution in [3.05, 3.63) is 58.1 Å². The Bertz CT molecular complexity index is 899. The topological polar surface area (TPSA) is 40.5 Å². The number of phenols is 2. The van der Waals surface area contributed by atoms with E-state index in [1.165, 1.54) is 44.1 Å². The number of aryl methyl sites for hydroxylation is 1. The molecule has 0 atom stereocenters. The fourth-order valence-electron chi connectivity index (χ4n) is 6.08. The van der Waals surface area contributed by atoms with Crippen LogP contribution in [0.1, 0.15) is 106 Å². The van der Waals surface area contributed by atoms with E-state index in [0.29, 0.717) is 17.9 Å². The van der Waals surface area contributed by atoms with Crippen LogP contribution in [0.2, 0.25) is 0 Å². The zero-order valence-electron chi connectivity index (χ0n) is 19.1. The summed E-state index contributed by atoms with van der Waals surface area (Å²) < 4.78 is 0. The van der Waals surface area contributed by atoms with Gasteiger partial charge in [-0.1, -0.05) is 88.3 Å². The number of phenolic OH excluding ortho intramolecular Hbond substituents is 2. The molecule has 2 aliphatic rings. The molecule has 0 amide bonds. The molecule has 2 aromatic rings. The lowest BCUT2D eigenvalue weighted by molar-refractivity contribution is 0.306. The Balaban J connectivity index is 1.69. The van der Waals surface area contributed by atoms with Gasteiger partial charge >= 0.3 is 0 Å². The summed E-state index contributed by atoms with van der Waals surface area (Å²) in [4.78, 5) is 0. The van der Waals surface area contributed by atoms with Crippen molar-refractivity contribution >= 4 is 0 Å². The van der Waals surface area contributed by atoms with Crippen LogP contribution in [-0.4, -0.2) is 10.2 Å². The van der Waals surface area contributed by atoms with Gasteiger partial charge in [0.1, 0.15) is 11.5 Å². The van der Waals surface area contributed by atoms with Gasteiger partial charge in [-0.3, -0.25) is 0 Å². The first-order valence-corrected chi connectivity index (χ1v) is 12.0. The zero-order chi connectivity index (χ0) is 21.4. The van der Waals surface area contributed by atoms with Crippen molar-refractivity contribution in [2.75, 3.05) is 0 Å². The van der Waals surface area contributed by atoms with Crippen molar-refractivity contribution in [1.82, 2.24) is 0 Å². The summed E-state index contributed by atoms with van der Waals surface area (Å²) in [6.07, 6.45) is 12.7. The first kappa shape index (κ1) is 21.3. The average Bonchev–Trinajstić information content (AvgIpc) is 2.73. The number of aromatic hydroxyl groups is 2. The molecular formula is C28H38O2. The summed E-state index contributed by atoms with van der Waals surface area (Å²) in [6.45, 7) is 6.74. The summed E-state index contributed by atoms with van der Waals surface area (Å²) in [6, 6.07) is 10.5. The van der Waals surface area contributed by atoms with E-state index >= 15 is 0 Å². The maximum atomic E-state index is 11.3. The molecule has 0 radical (unpaired) electrons. The molecule has 2 saturated carbocycles. The molecule has 2 heteroatoms. The molecule has 2 fully saturated rings. The van der Waals surface area contributed by atoms with Crippen molar-refractivity contribution in [3.8, 4) is 11.5 Å². The van der Waals surface area contributed by atoms with Crippen molar-refractivity contribution < 1.29 is 10.2 Å². The Morgan fingerprint density at radius 2 is 1.23 bits per heavy atom. The van der Waals surface area contributed by atoms with Crippen LogP contribution in [0.25, 0.3) is 0 Å². The van der Waals surface area contributed by atoms with Gasteiger partial charge in [0.15, 0.2) is 0 Å². The maximum absolute atomic E-state index is 11.3. The summed E-state index contributed by atoms with van der Waals surface area (Å²) in [5.74, 6) is 0.881. The molecule has 0 heterocycles. The van der Waals surface area contributed by atoms with Crippen LogP contribution < -0.4 is 0 Å². The van der Waals surface area contributed by atoms with E-state index < -0.39 is 0 Å². The van der Waals surface area contributed by atoms with Gasteiger partial charge in [0.25, 0.3) is 0 Å². The third kappa shape index (κ3) is 3.98. The van der Waals surface area contributed by atoms with Gasteiger partial charge in [-0.25, -0.2) is 0 Å². The fourth-order valence-corrected chi connectivity index (χ4v) is 6.08. The Hall–Kier alpha value is -1.96. The van der Waals surface area contributed by atoms with E-state index in [0.717, 1.165) is 47.9 Å². The van der Waals surface area contributed by atoms with Gasteiger partial charge in [0, 0.05) is 17.5 Å². The lowest BCUT2D eigenvalue weighted by Crippen LogP contribution is -2.25. The third-order valence-corrected chi connectivity index (χ3v) is 8.05. The lowest BCUT2D eigenvalue weighted by Gasteiger charge is -2.36. The molecule has 4 rings (SSSR count). The molecule has 2 N–H and O–H groups in total. The zero-order valence-corrected chi connectivity index (χ0v) is 19.1. The Labute approximate surface area is 182 Å². The van der Waals surface area contributed by atoms with Gasteiger partial charge in [-0.15, -0.1) is 0 Å². The first-order chi connectivity index (χ1) is 14.3. The number of hydrogen-bond acceptors (Lipinski definition) is 2. The van der Waals surface area contributed by atoms with Gasteiger partial charge in [-0.05, 0) is 54.6 Å². The summed E-state index contributed by atoms with van der Waals surface area (Å²) >= 11 is 0. The van der Waals surface area contributed by atoms with Crippen molar-refractivity contribution in [3.63, 3.8) is 0 Å². The largest absolute Gasteiger partial charge is 0.507 e. The Morgan fingerprint density at radius 3 is 1.83 bits per heavy atom. The molecule has 162 valence electrons. The summed E-state index contributed by atoms with van der Waals surface area (Å²) in [7, 11) is 0. The van der Waals surface area contributed by atoms with E-state index in [-0.39, 0.29) is 10.8 Å². The quantitative estimate of drug-likeness (QED) is 0.554. The second kappa shape index (κ2) is 8.29. The van der Waals surface area contributed by atoms with Crippen molar-refractivity contribution in [2.45, 2.75) is 102 Å². The maximum Gasteiger partial charge on any atom is 0.122 e. The molecular weight excluding hydrogens is 368 g/mol. The van der Waals surface area contributed by atoms with Gasteiger partial charge in [0.05, 0.1) is 0 Å². The van der Waals surface area contributed by atoms with Crippen LogP contribution in [0.3, 0.4) is 0 Å². The lowest BCUT2D eigenvalue weighted by atomic mass is 9.69. The van der Waals surface area contributed by atoms with Crippen LogP contribution in [0, 0.1) is 6.92 Å². The summed E-state index contributed by atoms with van der Waals surface area (Å²) in [5.41, 5.74) is 5.38. The molecule has 0 aromatic heterocycles. The fraction of sp³-hybridized carbons (Fsp3) is 0.571. The average molecular weight is 407 g/mol. The molecule has 0 spiro atoms. The molecule has 0 unspecified atom stereocenters. The highest BCUT2D eigenvalue weighted by Crippen LogP contribution is 2.46. The third-order valence-electron chi connectivity index (χ3n) is 8.05. The van der Waals surface area contributed by atoms with E-state index in [2.05, 4.69) is 45.0 Å². The number of benzene rings is 2.